The molecule has 40 heavy (non-hydrogen) atoms. The molecule has 3 aromatic carbocycles. The predicted octanol–water partition coefficient (Wildman–Crippen LogP) is 6.86. The van der Waals surface area contributed by atoms with Gasteiger partial charge in [-0.05, 0) is 67.8 Å². The molecular formula is C30H27F3N4O3. The number of nitrogens with zero attached hydrogens (tertiary/aromatic N) is 2. The van der Waals surface area contributed by atoms with E-state index in [0.717, 1.165) is 48.2 Å². The van der Waals surface area contributed by atoms with Gasteiger partial charge in [0.15, 0.2) is 0 Å². The molecule has 1 aromatic heterocycles. The summed E-state index contributed by atoms with van der Waals surface area (Å²) in [5, 5.41) is 20.6. The Morgan fingerprint density at radius 3 is 2.50 bits per heavy atom. The lowest BCUT2D eigenvalue weighted by atomic mass is 9.82. The van der Waals surface area contributed by atoms with Crippen molar-refractivity contribution in [2.45, 2.75) is 44.8 Å². The van der Waals surface area contributed by atoms with Gasteiger partial charge in [-0.2, -0.15) is 23.0 Å². The van der Waals surface area contributed by atoms with Crippen molar-refractivity contribution in [3.8, 4) is 17.0 Å². The topological polar surface area (TPSA) is 96.3 Å². The van der Waals surface area contributed by atoms with E-state index < -0.39 is 23.7 Å². The van der Waals surface area contributed by atoms with Crippen LogP contribution in [0.2, 0.25) is 0 Å². The average molecular weight is 549 g/mol. The molecule has 7 nitrogen and oxygen atoms in total. The van der Waals surface area contributed by atoms with Gasteiger partial charge in [0.2, 0.25) is 0 Å². The summed E-state index contributed by atoms with van der Waals surface area (Å²) < 4.78 is 40.5. The van der Waals surface area contributed by atoms with Crippen molar-refractivity contribution >= 4 is 17.6 Å². The number of phenolic OH excluding ortho intramolecular Hbond substituents is 1. The lowest BCUT2D eigenvalue weighted by molar-refractivity contribution is -0.137. The van der Waals surface area contributed by atoms with Crippen LogP contribution in [-0.2, 0) is 12.7 Å². The average Bonchev–Trinajstić information content (AvgIpc) is 3.31. The van der Waals surface area contributed by atoms with Crippen molar-refractivity contribution in [2.75, 3.05) is 5.32 Å². The number of benzene rings is 3. The molecule has 1 saturated carbocycles. The van der Waals surface area contributed by atoms with Crippen LogP contribution >= 0.6 is 0 Å². The van der Waals surface area contributed by atoms with Crippen LogP contribution in [0.1, 0.15) is 57.9 Å². The van der Waals surface area contributed by atoms with Crippen LogP contribution in [0.25, 0.3) is 11.3 Å². The first kappa shape index (κ1) is 27.0. The minimum Gasteiger partial charge on any atom is -0.507 e. The molecule has 10 heteroatoms. The van der Waals surface area contributed by atoms with E-state index in [9.17, 15) is 27.9 Å². The van der Waals surface area contributed by atoms with Gasteiger partial charge in [-0.15, -0.1) is 0 Å². The van der Waals surface area contributed by atoms with Gasteiger partial charge in [0.25, 0.3) is 5.91 Å². The number of aromatic nitrogens is 2. The monoisotopic (exact) mass is 548 g/mol. The molecule has 0 atom stereocenters. The summed E-state index contributed by atoms with van der Waals surface area (Å²) in [6.07, 6.45) is -1.71. The van der Waals surface area contributed by atoms with Crippen LogP contribution in [-0.4, -0.2) is 26.8 Å². The second-order valence-electron chi connectivity index (χ2n) is 9.91. The molecule has 206 valence electrons. The standard InChI is InChI=1S/C30H27F3N4O3/c1-18-5-2-6-19(13-18)17-34-29(40)37-26(20-7-3-8-20)16-25(36-37)24-15-23(11-12-27(24)38)35-28(39)21-9-4-10-22(14-21)30(31,32)33/h2,4-6,9-16,20,38H,3,7-8,17H2,1H3,(H,34,40)(H,35,39). The number of aromatic hydroxyl groups is 1. The van der Waals surface area contributed by atoms with Crippen LogP contribution < -0.4 is 10.6 Å². The normalized spacial score (nSPS) is 13.5. The zero-order valence-electron chi connectivity index (χ0n) is 21.6. The fraction of sp³-hybridized carbons (Fsp3) is 0.233. The van der Waals surface area contributed by atoms with Gasteiger partial charge in [0.1, 0.15) is 5.75 Å². The van der Waals surface area contributed by atoms with Crippen molar-refractivity contribution in [2.24, 2.45) is 0 Å². The highest BCUT2D eigenvalue weighted by Crippen LogP contribution is 2.39. The van der Waals surface area contributed by atoms with Gasteiger partial charge in [-0.3, -0.25) is 4.79 Å². The number of aryl methyl sites for hydroxylation is 1. The third-order valence-electron chi connectivity index (χ3n) is 6.96. The minimum atomic E-state index is -4.58. The molecule has 1 heterocycles. The maximum Gasteiger partial charge on any atom is 0.416 e. The zero-order valence-corrected chi connectivity index (χ0v) is 21.6. The molecule has 0 spiro atoms. The second kappa shape index (κ2) is 10.9. The van der Waals surface area contributed by atoms with Gasteiger partial charge in [-0.25, -0.2) is 4.79 Å². The van der Waals surface area contributed by atoms with Crippen molar-refractivity contribution in [1.82, 2.24) is 15.1 Å². The third-order valence-corrected chi connectivity index (χ3v) is 6.96. The number of anilines is 1. The van der Waals surface area contributed by atoms with Crippen LogP contribution in [0.15, 0.2) is 72.8 Å². The third kappa shape index (κ3) is 5.85. The van der Waals surface area contributed by atoms with E-state index in [1.165, 1.54) is 35.0 Å². The van der Waals surface area contributed by atoms with Gasteiger partial charge in [-0.1, -0.05) is 42.3 Å². The van der Waals surface area contributed by atoms with Gasteiger partial charge >= 0.3 is 12.2 Å². The highest BCUT2D eigenvalue weighted by atomic mass is 19.4. The maximum atomic E-state index is 13.2. The predicted molar refractivity (Wildman–Crippen MR) is 144 cm³/mol. The van der Waals surface area contributed by atoms with E-state index in [2.05, 4.69) is 15.7 Å². The summed E-state index contributed by atoms with van der Waals surface area (Å²) in [5.74, 6) is -0.710. The van der Waals surface area contributed by atoms with E-state index in [4.69, 9.17) is 0 Å². The van der Waals surface area contributed by atoms with Crippen molar-refractivity contribution in [1.29, 1.82) is 0 Å². The van der Waals surface area contributed by atoms with Crippen LogP contribution in [0, 0.1) is 6.92 Å². The number of carbonyl (C=O) groups excluding carboxylic acids is 2. The molecule has 0 unspecified atom stereocenters. The van der Waals surface area contributed by atoms with Crippen molar-refractivity contribution in [3.63, 3.8) is 0 Å². The smallest absolute Gasteiger partial charge is 0.416 e. The summed E-state index contributed by atoms with van der Waals surface area (Å²) in [6, 6.07) is 17.5. The Bertz CT molecular complexity index is 1570. The zero-order chi connectivity index (χ0) is 28.4. The first-order valence-electron chi connectivity index (χ1n) is 12.8. The summed E-state index contributed by atoms with van der Waals surface area (Å²) in [7, 11) is 0. The Labute approximate surface area is 228 Å². The lowest BCUT2D eigenvalue weighted by Gasteiger charge is -2.25. The van der Waals surface area contributed by atoms with E-state index in [-0.39, 0.29) is 28.5 Å². The molecule has 5 rings (SSSR count). The second-order valence-corrected chi connectivity index (χ2v) is 9.91. The van der Waals surface area contributed by atoms with Crippen molar-refractivity contribution in [3.05, 3.63) is 101 Å². The fourth-order valence-electron chi connectivity index (χ4n) is 4.62. The van der Waals surface area contributed by atoms with E-state index in [0.29, 0.717) is 12.2 Å². The lowest BCUT2D eigenvalue weighted by Crippen LogP contribution is -2.31. The molecule has 1 aliphatic carbocycles. The number of alkyl halides is 3. The number of carbonyl (C=O) groups is 2. The van der Waals surface area contributed by atoms with E-state index >= 15 is 0 Å². The highest BCUT2D eigenvalue weighted by Gasteiger charge is 2.31. The number of phenols is 1. The number of hydrogen-bond acceptors (Lipinski definition) is 4. The first-order chi connectivity index (χ1) is 19.1. The van der Waals surface area contributed by atoms with Crippen LogP contribution in [0.3, 0.4) is 0 Å². The minimum absolute atomic E-state index is 0.123. The molecule has 1 aliphatic rings. The number of rotatable bonds is 6. The largest absolute Gasteiger partial charge is 0.507 e. The molecule has 2 amide bonds. The maximum absolute atomic E-state index is 13.2. The van der Waals surface area contributed by atoms with Gasteiger partial charge in [0.05, 0.1) is 17.0 Å². The van der Waals surface area contributed by atoms with Crippen LogP contribution in [0.4, 0.5) is 23.7 Å². The number of halogens is 3. The highest BCUT2D eigenvalue weighted by molar-refractivity contribution is 6.04. The SMILES string of the molecule is Cc1cccc(CNC(=O)n2nc(-c3cc(NC(=O)c4cccc(C(F)(F)F)c4)ccc3O)cc2C2CCC2)c1. The Morgan fingerprint density at radius 1 is 1.02 bits per heavy atom. The molecule has 0 aliphatic heterocycles. The summed E-state index contributed by atoms with van der Waals surface area (Å²) in [6.45, 7) is 2.30. The Morgan fingerprint density at radius 2 is 1.80 bits per heavy atom. The van der Waals surface area contributed by atoms with Gasteiger partial charge in [0, 0.05) is 29.3 Å². The molecule has 1 fully saturated rings. The Hall–Kier alpha value is -4.60. The van der Waals surface area contributed by atoms with E-state index in [1.54, 1.807) is 6.07 Å². The quantitative estimate of drug-likeness (QED) is 0.229. The summed E-state index contributed by atoms with van der Waals surface area (Å²) in [5.41, 5.74) is 2.52. The molecule has 0 radical (unpaired) electrons. The molecule has 0 saturated heterocycles. The summed E-state index contributed by atoms with van der Waals surface area (Å²) in [4.78, 5) is 25.9. The number of hydrogen-bond donors (Lipinski definition) is 3. The number of nitrogens with one attached hydrogen (secondary N) is 2. The van der Waals surface area contributed by atoms with Gasteiger partial charge < -0.3 is 15.7 Å². The van der Waals surface area contributed by atoms with E-state index in [1.807, 2.05) is 31.2 Å². The fourth-order valence-corrected chi connectivity index (χ4v) is 4.62. The Balaban J connectivity index is 1.39. The molecule has 3 N–H and O–H groups in total. The summed E-state index contributed by atoms with van der Waals surface area (Å²) >= 11 is 0. The molecule has 0 bridgehead atoms. The van der Waals surface area contributed by atoms with Crippen molar-refractivity contribution < 1.29 is 27.9 Å². The Kier molecular flexibility index (Phi) is 7.34. The first-order valence-corrected chi connectivity index (χ1v) is 12.8. The number of amides is 2. The molecular weight excluding hydrogens is 521 g/mol. The molecule has 4 aromatic rings. The van der Waals surface area contributed by atoms with Crippen LogP contribution in [0.5, 0.6) is 5.75 Å².